The quantitative estimate of drug-likeness (QED) is 0.393. The molecule has 0 saturated heterocycles. The molecule has 0 unspecified atom stereocenters. The SMILES string of the molecule is CCCOc1c(OC)c(OC)cc2c1C(=O)[C@]1(OC)C=C[C@H]2N(C(=O)OCC(C)C)N1C(=O)OCC(C)C. The molecule has 2 heterocycles. The van der Waals surface area contributed by atoms with Crippen LogP contribution in [0, 0.1) is 11.8 Å². The highest BCUT2D eigenvalue weighted by atomic mass is 16.6. The van der Waals surface area contributed by atoms with Crippen molar-refractivity contribution >= 4 is 18.0 Å². The molecule has 2 bridgehead atoms. The first kappa shape index (κ1) is 29.1. The van der Waals surface area contributed by atoms with E-state index in [2.05, 4.69) is 0 Å². The van der Waals surface area contributed by atoms with Gasteiger partial charge < -0.3 is 28.4 Å². The summed E-state index contributed by atoms with van der Waals surface area (Å²) in [5.74, 6) is 0.0409. The van der Waals surface area contributed by atoms with Gasteiger partial charge in [0.25, 0.3) is 0 Å². The second-order valence-corrected chi connectivity index (χ2v) is 9.89. The van der Waals surface area contributed by atoms with Gasteiger partial charge in [-0.2, -0.15) is 10.0 Å². The van der Waals surface area contributed by atoms with Crippen LogP contribution in [0.1, 0.15) is 63.0 Å². The molecule has 1 aliphatic carbocycles. The zero-order chi connectivity index (χ0) is 28.2. The van der Waals surface area contributed by atoms with E-state index in [0.29, 0.717) is 17.7 Å². The average Bonchev–Trinajstić information content (AvgIpc) is 3.07. The van der Waals surface area contributed by atoms with Crippen LogP contribution < -0.4 is 14.2 Å². The van der Waals surface area contributed by atoms with Crippen molar-refractivity contribution in [2.75, 3.05) is 41.2 Å². The number of nitrogens with zero attached hydrogens (tertiary/aromatic N) is 2. The van der Waals surface area contributed by atoms with Crippen molar-refractivity contribution in [1.82, 2.24) is 10.0 Å². The van der Waals surface area contributed by atoms with Crippen molar-refractivity contribution in [3.05, 3.63) is 29.3 Å². The van der Waals surface area contributed by atoms with Crippen molar-refractivity contribution in [3.63, 3.8) is 0 Å². The fourth-order valence-corrected chi connectivity index (χ4v) is 4.30. The van der Waals surface area contributed by atoms with Crippen molar-refractivity contribution in [3.8, 4) is 17.2 Å². The first-order valence-electron chi connectivity index (χ1n) is 12.7. The lowest BCUT2D eigenvalue weighted by Crippen LogP contribution is -2.66. The summed E-state index contributed by atoms with van der Waals surface area (Å²) >= 11 is 0. The molecule has 0 saturated carbocycles. The second kappa shape index (κ2) is 11.9. The number of hydrogen-bond acceptors (Lipinski definition) is 9. The Labute approximate surface area is 223 Å². The Morgan fingerprint density at radius 3 is 2.13 bits per heavy atom. The maximum atomic E-state index is 14.4. The number of fused-ring (bicyclic) bond motifs is 1. The van der Waals surface area contributed by atoms with E-state index in [9.17, 15) is 14.4 Å². The molecule has 0 N–H and O–H groups in total. The van der Waals surface area contributed by atoms with E-state index in [1.54, 1.807) is 12.1 Å². The van der Waals surface area contributed by atoms with Crippen LogP contribution in [0.2, 0.25) is 0 Å². The number of hydrogen-bond donors (Lipinski definition) is 0. The number of ketones is 1. The van der Waals surface area contributed by atoms with Gasteiger partial charge in [0.05, 0.1) is 39.6 Å². The Balaban J connectivity index is 2.32. The Morgan fingerprint density at radius 1 is 0.974 bits per heavy atom. The molecule has 1 aromatic rings. The van der Waals surface area contributed by atoms with E-state index in [1.165, 1.54) is 27.4 Å². The first-order chi connectivity index (χ1) is 18.1. The fourth-order valence-electron chi connectivity index (χ4n) is 4.30. The van der Waals surface area contributed by atoms with E-state index in [1.807, 2.05) is 34.6 Å². The van der Waals surface area contributed by atoms with Gasteiger partial charge in [0.2, 0.25) is 17.3 Å². The van der Waals surface area contributed by atoms with Crippen molar-refractivity contribution in [1.29, 1.82) is 0 Å². The molecule has 4 rings (SSSR count). The Hall–Kier alpha value is -3.47. The van der Waals surface area contributed by atoms with Gasteiger partial charge in [-0.05, 0) is 36.0 Å². The highest BCUT2D eigenvalue weighted by Crippen LogP contribution is 2.51. The Bertz CT molecular complexity index is 1080. The maximum Gasteiger partial charge on any atom is 0.432 e. The molecule has 38 heavy (non-hydrogen) atoms. The minimum atomic E-state index is -2.06. The zero-order valence-corrected chi connectivity index (χ0v) is 23.4. The first-order valence-corrected chi connectivity index (χ1v) is 12.7. The number of carbonyl (C=O) groups is 3. The molecule has 210 valence electrons. The largest absolute Gasteiger partial charge is 0.493 e. The summed E-state index contributed by atoms with van der Waals surface area (Å²) in [7, 11) is 4.18. The minimum absolute atomic E-state index is 0.00830. The van der Waals surface area contributed by atoms with Crippen LogP contribution >= 0.6 is 0 Å². The van der Waals surface area contributed by atoms with Gasteiger partial charge in [0.1, 0.15) is 6.04 Å². The topological polar surface area (TPSA) is 113 Å². The number of amides is 2. The number of benzene rings is 1. The van der Waals surface area contributed by atoms with Gasteiger partial charge in [-0.1, -0.05) is 40.7 Å². The van der Waals surface area contributed by atoms with Gasteiger partial charge in [0.15, 0.2) is 11.5 Å². The molecule has 2 amide bonds. The standard InChI is InChI=1S/C27H38N2O9/c1-9-12-36-23-21-18(13-20(33-6)22(23)34-7)19-10-11-27(35-8,24(21)30)29(26(32)38-15-17(4)5)28(19)25(31)37-14-16(2)3/h10-11,13,16-17,19H,9,12,14-15H2,1-8H3/t19-,27-/m1/s1. The number of Topliss-reactive ketones (excluding diaryl/α,β-unsaturated/α-hetero) is 1. The molecule has 0 radical (unpaired) electrons. The van der Waals surface area contributed by atoms with Gasteiger partial charge in [0, 0.05) is 7.11 Å². The summed E-state index contributed by atoms with van der Waals surface area (Å²) in [5, 5.41) is 1.96. The predicted octanol–water partition coefficient (Wildman–Crippen LogP) is 4.75. The smallest absolute Gasteiger partial charge is 0.432 e. The van der Waals surface area contributed by atoms with Crippen LogP contribution in [0.3, 0.4) is 0 Å². The molecule has 2 aliphatic heterocycles. The van der Waals surface area contributed by atoms with Crippen LogP contribution in [0.25, 0.3) is 0 Å². The van der Waals surface area contributed by atoms with Gasteiger partial charge >= 0.3 is 12.2 Å². The van der Waals surface area contributed by atoms with Crippen LogP contribution in [0.4, 0.5) is 9.59 Å². The highest BCUT2D eigenvalue weighted by molar-refractivity contribution is 6.10. The van der Waals surface area contributed by atoms with Crippen molar-refractivity contribution in [2.45, 2.75) is 52.8 Å². The summed E-state index contributed by atoms with van der Waals surface area (Å²) in [6, 6.07) is 0.645. The lowest BCUT2D eigenvalue weighted by Gasteiger charge is -2.46. The van der Waals surface area contributed by atoms with Crippen LogP contribution in [0.5, 0.6) is 17.2 Å². The number of methoxy groups -OCH3 is 3. The molecule has 1 aromatic carbocycles. The van der Waals surface area contributed by atoms with Gasteiger partial charge in [-0.3, -0.25) is 4.79 Å². The normalized spacial score (nSPS) is 19.9. The molecule has 3 aliphatic rings. The van der Waals surface area contributed by atoms with E-state index in [0.717, 1.165) is 10.0 Å². The van der Waals surface area contributed by atoms with E-state index >= 15 is 0 Å². The fraction of sp³-hybridized carbons (Fsp3) is 0.593. The Morgan fingerprint density at radius 2 is 1.61 bits per heavy atom. The van der Waals surface area contributed by atoms with Gasteiger partial charge in [-0.25, -0.2) is 9.59 Å². The predicted molar refractivity (Wildman–Crippen MR) is 137 cm³/mol. The van der Waals surface area contributed by atoms with Crippen molar-refractivity contribution in [2.24, 2.45) is 11.8 Å². The lowest BCUT2D eigenvalue weighted by atomic mass is 9.95. The van der Waals surface area contributed by atoms with E-state index < -0.39 is 29.7 Å². The molecule has 2 atom stereocenters. The maximum absolute atomic E-state index is 14.4. The summed E-state index contributed by atoms with van der Waals surface area (Å²) in [6.45, 7) is 9.89. The molecule has 11 nitrogen and oxygen atoms in total. The third-order valence-electron chi connectivity index (χ3n) is 6.03. The third-order valence-corrected chi connectivity index (χ3v) is 6.03. The summed E-state index contributed by atoms with van der Waals surface area (Å²) in [6.07, 6.45) is 1.94. The highest BCUT2D eigenvalue weighted by Gasteiger charge is 2.60. The average molecular weight is 535 g/mol. The van der Waals surface area contributed by atoms with E-state index in [-0.39, 0.29) is 48.7 Å². The monoisotopic (exact) mass is 534 g/mol. The summed E-state index contributed by atoms with van der Waals surface area (Å²) in [5.41, 5.74) is -1.60. The molecular weight excluding hydrogens is 496 g/mol. The summed E-state index contributed by atoms with van der Waals surface area (Å²) < 4.78 is 34.0. The molecule has 0 spiro atoms. The zero-order valence-electron chi connectivity index (χ0n) is 23.4. The Kier molecular flexibility index (Phi) is 9.14. The van der Waals surface area contributed by atoms with Gasteiger partial charge in [-0.15, -0.1) is 0 Å². The molecule has 11 heteroatoms. The molecule has 0 fully saturated rings. The van der Waals surface area contributed by atoms with E-state index in [4.69, 9.17) is 28.4 Å². The third kappa shape index (κ3) is 5.11. The second-order valence-electron chi connectivity index (χ2n) is 9.89. The lowest BCUT2D eigenvalue weighted by molar-refractivity contribution is -0.160. The number of ether oxygens (including phenoxy) is 6. The van der Waals surface area contributed by atoms with Crippen LogP contribution in [-0.2, 0) is 14.2 Å². The number of carbonyl (C=O) groups excluding carboxylic acids is 3. The van der Waals surface area contributed by atoms with Crippen LogP contribution in [-0.4, -0.2) is 74.9 Å². The molecule has 0 aromatic heterocycles. The molecular formula is C27H38N2O9. The summed E-state index contributed by atoms with van der Waals surface area (Å²) in [4.78, 5) is 41.5. The minimum Gasteiger partial charge on any atom is -0.493 e. The van der Waals surface area contributed by atoms with Crippen molar-refractivity contribution < 1.29 is 42.8 Å². The van der Waals surface area contributed by atoms with Crippen LogP contribution in [0.15, 0.2) is 18.2 Å². The number of rotatable bonds is 10. The number of hydrazine groups is 1.